The number of rotatable bonds is 7. The summed E-state index contributed by atoms with van der Waals surface area (Å²) in [5, 5.41) is 2.87. The number of nitrogens with one attached hydrogen (secondary N) is 1. The largest absolute Gasteiger partial charge is 0.452 e. The molecule has 1 N–H and O–H groups in total. The summed E-state index contributed by atoms with van der Waals surface area (Å²) in [6, 6.07) is 14.5. The number of halogens is 1. The number of esters is 1. The average molecular weight is 329 g/mol. The Hall–Kier alpha value is -2.69. The van der Waals surface area contributed by atoms with E-state index in [0.29, 0.717) is 0 Å². The Labute approximate surface area is 140 Å². The standard InChI is InChI=1S/C19H20FNO3/c1-2-6-17(14-7-4-3-5-8-14)21-18(22)13-24-19(23)15-9-11-16(20)12-10-15/h3-5,7-12,17H,2,6,13H2,1H3,(H,21,22)/t17-/m1/s1. The molecule has 5 heteroatoms. The second-order valence-corrected chi connectivity index (χ2v) is 5.40. The van der Waals surface area contributed by atoms with Crippen LogP contribution >= 0.6 is 0 Å². The quantitative estimate of drug-likeness (QED) is 0.789. The summed E-state index contributed by atoms with van der Waals surface area (Å²) in [6.45, 7) is 1.67. The monoisotopic (exact) mass is 329 g/mol. The van der Waals surface area contributed by atoms with Gasteiger partial charge < -0.3 is 10.1 Å². The molecule has 0 aliphatic heterocycles. The maximum atomic E-state index is 12.8. The number of hydrogen-bond acceptors (Lipinski definition) is 3. The van der Waals surface area contributed by atoms with Crippen molar-refractivity contribution in [2.75, 3.05) is 6.61 Å². The van der Waals surface area contributed by atoms with E-state index in [0.717, 1.165) is 18.4 Å². The third kappa shape index (κ3) is 5.19. The van der Waals surface area contributed by atoms with Crippen molar-refractivity contribution in [3.05, 3.63) is 71.5 Å². The van der Waals surface area contributed by atoms with Gasteiger partial charge in [0.05, 0.1) is 11.6 Å². The Morgan fingerprint density at radius 1 is 1.08 bits per heavy atom. The molecule has 0 bridgehead atoms. The van der Waals surface area contributed by atoms with Crippen LogP contribution < -0.4 is 5.32 Å². The molecule has 1 amide bonds. The van der Waals surface area contributed by atoms with E-state index in [4.69, 9.17) is 4.74 Å². The average Bonchev–Trinajstić information content (AvgIpc) is 2.60. The van der Waals surface area contributed by atoms with Crippen LogP contribution in [0.2, 0.25) is 0 Å². The zero-order valence-electron chi connectivity index (χ0n) is 13.5. The molecular weight excluding hydrogens is 309 g/mol. The van der Waals surface area contributed by atoms with E-state index < -0.39 is 11.8 Å². The fraction of sp³-hybridized carbons (Fsp3) is 0.263. The molecule has 0 fully saturated rings. The van der Waals surface area contributed by atoms with Crippen LogP contribution in [-0.4, -0.2) is 18.5 Å². The van der Waals surface area contributed by atoms with Crippen LogP contribution in [0.25, 0.3) is 0 Å². The maximum absolute atomic E-state index is 12.8. The molecule has 0 heterocycles. The predicted molar refractivity (Wildman–Crippen MR) is 88.9 cm³/mol. The van der Waals surface area contributed by atoms with Gasteiger partial charge in [-0.15, -0.1) is 0 Å². The number of carbonyl (C=O) groups excluding carboxylic acids is 2. The van der Waals surface area contributed by atoms with E-state index in [9.17, 15) is 14.0 Å². The lowest BCUT2D eigenvalue weighted by Crippen LogP contribution is -2.32. The summed E-state index contributed by atoms with van der Waals surface area (Å²) in [5.41, 5.74) is 1.22. The van der Waals surface area contributed by atoms with Gasteiger partial charge in [-0.1, -0.05) is 43.7 Å². The van der Waals surface area contributed by atoms with Crippen LogP contribution in [-0.2, 0) is 9.53 Å². The third-order valence-corrected chi connectivity index (χ3v) is 3.53. The van der Waals surface area contributed by atoms with Gasteiger partial charge in [0, 0.05) is 0 Å². The lowest BCUT2D eigenvalue weighted by atomic mass is 10.0. The van der Waals surface area contributed by atoms with Crippen LogP contribution in [0.4, 0.5) is 4.39 Å². The predicted octanol–water partition coefficient (Wildman–Crippen LogP) is 3.64. The smallest absolute Gasteiger partial charge is 0.338 e. The van der Waals surface area contributed by atoms with Gasteiger partial charge in [-0.05, 0) is 36.2 Å². The second-order valence-electron chi connectivity index (χ2n) is 5.40. The molecule has 2 rings (SSSR count). The number of carbonyl (C=O) groups is 2. The van der Waals surface area contributed by atoms with Crippen molar-refractivity contribution in [3.63, 3.8) is 0 Å². The molecule has 24 heavy (non-hydrogen) atoms. The molecular formula is C19H20FNO3. The fourth-order valence-electron chi connectivity index (χ4n) is 2.33. The van der Waals surface area contributed by atoms with Crippen molar-refractivity contribution in [1.82, 2.24) is 5.32 Å². The first-order valence-corrected chi connectivity index (χ1v) is 7.87. The first kappa shape index (κ1) is 17.7. The number of benzene rings is 2. The summed E-state index contributed by atoms with van der Waals surface area (Å²) in [5.74, 6) is -1.46. The summed E-state index contributed by atoms with van der Waals surface area (Å²) in [6.07, 6.45) is 1.71. The second kappa shape index (κ2) is 8.82. The maximum Gasteiger partial charge on any atom is 0.338 e. The Kier molecular flexibility index (Phi) is 6.49. The van der Waals surface area contributed by atoms with Crippen molar-refractivity contribution >= 4 is 11.9 Å². The summed E-state index contributed by atoms with van der Waals surface area (Å²) < 4.78 is 17.8. The number of amides is 1. The molecule has 0 spiro atoms. The highest BCUT2D eigenvalue weighted by Gasteiger charge is 2.15. The first-order chi connectivity index (χ1) is 11.6. The van der Waals surface area contributed by atoms with Crippen molar-refractivity contribution in [3.8, 4) is 0 Å². The SMILES string of the molecule is CCC[C@@H](NC(=O)COC(=O)c1ccc(F)cc1)c1ccccc1. The van der Waals surface area contributed by atoms with Gasteiger partial charge in [0.1, 0.15) is 5.82 Å². The van der Waals surface area contributed by atoms with Gasteiger partial charge >= 0.3 is 5.97 Å². The molecule has 0 saturated carbocycles. The van der Waals surface area contributed by atoms with Crippen LogP contribution in [0.1, 0.15) is 41.7 Å². The molecule has 0 aliphatic carbocycles. The minimum atomic E-state index is -0.656. The Balaban J connectivity index is 1.89. The van der Waals surface area contributed by atoms with Gasteiger partial charge in [0.2, 0.25) is 0 Å². The van der Waals surface area contributed by atoms with Gasteiger partial charge in [-0.25, -0.2) is 9.18 Å². The molecule has 1 atom stereocenters. The van der Waals surface area contributed by atoms with E-state index in [1.165, 1.54) is 24.3 Å². The lowest BCUT2D eigenvalue weighted by Gasteiger charge is -2.18. The van der Waals surface area contributed by atoms with Crippen LogP contribution in [0.5, 0.6) is 0 Å². The zero-order chi connectivity index (χ0) is 17.4. The van der Waals surface area contributed by atoms with Gasteiger partial charge in [-0.3, -0.25) is 4.79 Å². The molecule has 2 aromatic carbocycles. The normalized spacial score (nSPS) is 11.6. The van der Waals surface area contributed by atoms with E-state index in [1.807, 2.05) is 37.3 Å². The minimum absolute atomic E-state index is 0.117. The molecule has 0 aliphatic rings. The van der Waals surface area contributed by atoms with Crippen molar-refractivity contribution < 1.29 is 18.7 Å². The molecule has 0 unspecified atom stereocenters. The lowest BCUT2D eigenvalue weighted by molar-refractivity contribution is -0.125. The zero-order valence-corrected chi connectivity index (χ0v) is 13.5. The summed E-state index contributed by atoms with van der Waals surface area (Å²) in [7, 11) is 0. The number of hydrogen-bond donors (Lipinski definition) is 1. The molecule has 0 radical (unpaired) electrons. The van der Waals surface area contributed by atoms with Crippen molar-refractivity contribution in [2.45, 2.75) is 25.8 Å². The first-order valence-electron chi connectivity index (χ1n) is 7.87. The van der Waals surface area contributed by atoms with Crippen LogP contribution in [0, 0.1) is 5.82 Å². The highest BCUT2D eigenvalue weighted by molar-refractivity contribution is 5.91. The highest BCUT2D eigenvalue weighted by Crippen LogP contribution is 2.17. The molecule has 4 nitrogen and oxygen atoms in total. The molecule has 0 saturated heterocycles. The van der Waals surface area contributed by atoms with Gasteiger partial charge in [0.25, 0.3) is 5.91 Å². The van der Waals surface area contributed by atoms with E-state index >= 15 is 0 Å². The molecule has 2 aromatic rings. The molecule has 0 aromatic heterocycles. The third-order valence-electron chi connectivity index (χ3n) is 3.53. The van der Waals surface area contributed by atoms with Crippen molar-refractivity contribution in [2.24, 2.45) is 0 Å². The van der Waals surface area contributed by atoms with E-state index in [1.54, 1.807) is 0 Å². The fourth-order valence-corrected chi connectivity index (χ4v) is 2.33. The van der Waals surface area contributed by atoms with Gasteiger partial charge in [-0.2, -0.15) is 0 Å². The van der Waals surface area contributed by atoms with Crippen LogP contribution in [0.3, 0.4) is 0 Å². The van der Waals surface area contributed by atoms with Crippen LogP contribution in [0.15, 0.2) is 54.6 Å². The highest BCUT2D eigenvalue weighted by atomic mass is 19.1. The number of ether oxygens (including phenoxy) is 1. The minimum Gasteiger partial charge on any atom is -0.452 e. The molecule has 126 valence electrons. The van der Waals surface area contributed by atoms with Crippen molar-refractivity contribution in [1.29, 1.82) is 0 Å². The van der Waals surface area contributed by atoms with E-state index in [-0.39, 0.29) is 24.1 Å². The summed E-state index contributed by atoms with van der Waals surface area (Å²) in [4.78, 5) is 23.9. The summed E-state index contributed by atoms with van der Waals surface area (Å²) >= 11 is 0. The van der Waals surface area contributed by atoms with Gasteiger partial charge in [0.15, 0.2) is 6.61 Å². The Morgan fingerprint density at radius 2 is 1.75 bits per heavy atom. The Morgan fingerprint density at radius 3 is 2.38 bits per heavy atom. The topological polar surface area (TPSA) is 55.4 Å². The van der Waals surface area contributed by atoms with E-state index in [2.05, 4.69) is 5.32 Å². The Bertz CT molecular complexity index is 671.